The van der Waals surface area contributed by atoms with Crippen LogP contribution in [0, 0.1) is 0 Å². The molecule has 1 aromatic carbocycles. The molecule has 2 amide bonds. The average molecular weight is 440 g/mol. The van der Waals surface area contributed by atoms with Crippen molar-refractivity contribution in [3.8, 4) is 0 Å². The second-order valence-electron chi connectivity index (χ2n) is 7.88. The van der Waals surface area contributed by atoms with E-state index in [0.29, 0.717) is 18.7 Å². The summed E-state index contributed by atoms with van der Waals surface area (Å²) in [5, 5.41) is 7.91. The number of aryl methyl sites for hydroxylation is 1. The zero-order valence-electron chi connectivity index (χ0n) is 17.3. The van der Waals surface area contributed by atoms with Gasteiger partial charge in [0.2, 0.25) is 5.91 Å². The summed E-state index contributed by atoms with van der Waals surface area (Å²) >= 11 is 6.17. The van der Waals surface area contributed by atoms with Crippen molar-refractivity contribution in [2.24, 2.45) is 0 Å². The van der Waals surface area contributed by atoms with E-state index in [4.69, 9.17) is 11.6 Å². The lowest BCUT2D eigenvalue weighted by Crippen LogP contribution is -2.30. The zero-order valence-corrected chi connectivity index (χ0v) is 18.0. The third-order valence-electron chi connectivity index (χ3n) is 5.67. The highest BCUT2D eigenvalue weighted by molar-refractivity contribution is 6.31. The number of fused-ring (bicyclic) bond motifs is 3. The summed E-state index contributed by atoms with van der Waals surface area (Å²) in [5.74, 6) is -0.156. The van der Waals surface area contributed by atoms with Crippen LogP contribution in [0.3, 0.4) is 0 Å². The Bertz CT molecular complexity index is 1070. The van der Waals surface area contributed by atoms with E-state index in [0.717, 1.165) is 60.1 Å². The molecular formula is C23H26ClN5O2. The highest BCUT2D eigenvalue weighted by atomic mass is 35.5. The number of unbranched alkanes of at least 4 members (excludes halogenated alkanes) is 2. The van der Waals surface area contributed by atoms with Crippen molar-refractivity contribution < 1.29 is 9.59 Å². The molecule has 7 nitrogen and oxygen atoms in total. The van der Waals surface area contributed by atoms with Crippen LogP contribution in [0.2, 0.25) is 5.02 Å². The quantitative estimate of drug-likeness (QED) is 0.460. The van der Waals surface area contributed by atoms with E-state index < -0.39 is 0 Å². The van der Waals surface area contributed by atoms with Gasteiger partial charge in [0.05, 0.1) is 12.2 Å². The van der Waals surface area contributed by atoms with Crippen LogP contribution in [0.4, 0.5) is 0 Å². The number of benzene rings is 1. The van der Waals surface area contributed by atoms with Gasteiger partial charge in [-0.25, -0.2) is 4.98 Å². The number of carbonyl (C=O) groups excluding carboxylic acids is 2. The third kappa shape index (κ3) is 5.22. The molecule has 0 spiro atoms. The predicted molar refractivity (Wildman–Crippen MR) is 120 cm³/mol. The minimum Gasteiger partial charge on any atom is -0.356 e. The fourth-order valence-electron chi connectivity index (χ4n) is 4.14. The number of nitrogens with one attached hydrogen (secondary N) is 3. The first kappa shape index (κ1) is 21.3. The first-order valence-corrected chi connectivity index (χ1v) is 11.1. The summed E-state index contributed by atoms with van der Waals surface area (Å²) in [6.07, 6.45) is 10.4. The number of hydrogen-bond acceptors (Lipinski definition) is 4. The van der Waals surface area contributed by atoms with Gasteiger partial charge in [-0.05, 0) is 55.9 Å². The molecule has 162 valence electrons. The molecule has 0 radical (unpaired) electrons. The van der Waals surface area contributed by atoms with Crippen LogP contribution in [0.5, 0.6) is 0 Å². The van der Waals surface area contributed by atoms with Crippen LogP contribution >= 0.6 is 11.6 Å². The van der Waals surface area contributed by atoms with Crippen molar-refractivity contribution in [3.05, 3.63) is 58.8 Å². The highest BCUT2D eigenvalue weighted by Crippen LogP contribution is 2.35. The lowest BCUT2D eigenvalue weighted by Gasteiger charge is -2.24. The Labute approximate surface area is 186 Å². The van der Waals surface area contributed by atoms with Crippen molar-refractivity contribution >= 4 is 34.3 Å². The molecule has 2 aromatic heterocycles. The van der Waals surface area contributed by atoms with Gasteiger partial charge in [0.15, 0.2) is 0 Å². The van der Waals surface area contributed by atoms with E-state index in [1.807, 2.05) is 18.2 Å². The summed E-state index contributed by atoms with van der Waals surface area (Å²) in [5.41, 5.74) is 3.77. The van der Waals surface area contributed by atoms with Gasteiger partial charge in [-0.2, -0.15) is 0 Å². The molecule has 2 heterocycles. The van der Waals surface area contributed by atoms with Crippen LogP contribution in [0.15, 0.2) is 36.8 Å². The number of nitrogens with zero attached hydrogens (tertiary/aromatic N) is 2. The van der Waals surface area contributed by atoms with E-state index in [2.05, 4.69) is 25.6 Å². The lowest BCUT2D eigenvalue weighted by atomic mass is 9.91. The topological polar surface area (TPSA) is 99.8 Å². The van der Waals surface area contributed by atoms with Crippen molar-refractivity contribution in [1.82, 2.24) is 25.6 Å². The van der Waals surface area contributed by atoms with E-state index in [1.165, 1.54) is 24.2 Å². The second kappa shape index (κ2) is 9.92. The first-order chi connectivity index (χ1) is 15.1. The van der Waals surface area contributed by atoms with E-state index in [9.17, 15) is 9.59 Å². The number of aromatic nitrogens is 3. The molecule has 0 saturated heterocycles. The molecule has 1 atom stereocenters. The van der Waals surface area contributed by atoms with E-state index in [1.54, 1.807) is 0 Å². The van der Waals surface area contributed by atoms with Crippen LogP contribution in [-0.4, -0.2) is 33.3 Å². The molecular weight excluding hydrogens is 414 g/mol. The molecule has 0 saturated carbocycles. The average Bonchev–Trinajstić information content (AvgIpc) is 3.15. The summed E-state index contributed by atoms with van der Waals surface area (Å²) in [6, 6.07) is 5.90. The van der Waals surface area contributed by atoms with Gasteiger partial charge >= 0.3 is 0 Å². The Kier molecular flexibility index (Phi) is 6.82. The van der Waals surface area contributed by atoms with Crippen molar-refractivity contribution in [2.45, 2.75) is 51.0 Å². The molecule has 3 N–H and O–H groups in total. The Hall–Kier alpha value is -2.93. The SMILES string of the molecule is O=C(CCCCCNC(=O)c1cnccn1)N[C@@H]1CCCc2c1[nH]c1ccc(Cl)cc21. The number of carbonyl (C=O) groups is 2. The summed E-state index contributed by atoms with van der Waals surface area (Å²) in [6.45, 7) is 0.556. The van der Waals surface area contributed by atoms with Crippen LogP contribution in [0.25, 0.3) is 10.9 Å². The molecule has 0 bridgehead atoms. The second-order valence-corrected chi connectivity index (χ2v) is 8.31. The summed E-state index contributed by atoms with van der Waals surface area (Å²) in [4.78, 5) is 35.7. The van der Waals surface area contributed by atoms with Crippen molar-refractivity contribution in [3.63, 3.8) is 0 Å². The number of aromatic amines is 1. The minimum absolute atomic E-state index is 0.0219. The first-order valence-electron chi connectivity index (χ1n) is 10.8. The van der Waals surface area contributed by atoms with Gasteiger partial charge in [-0.1, -0.05) is 18.0 Å². The molecule has 1 aliphatic rings. The standard InChI is InChI=1S/C23H26ClN5O2/c24-15-8-9-18-17(13-15)16-5-4-6-19(22(16)29-18)28-21(30)7-2-1-3-10-27-23(31)20-14-25-11-12-26-20/h8-9,11-14,19,29H,1-7,10H2,(H,27,31)(H,28,30)/t19-/m1/s1. The fraction of sp³-hybridized carbons (Fsp3) is 0.391. The molecule has 31 heavy (non-hydrogen) atoms. The zero-order chi connectivity index (χ0) is 21.6. The number of H-pyrrole nitrogens is 1. The van der Waals surface area contributed by atoms with Gasteiger partial charge in [0.25, 0.3) is 5.91 Å². The largest absolute Gasteiger partial charge is 0.356 e. The molecule has 0 aliphatic heterocycles. The maximum atomic E-state index is 12.5. The molecule has 0 fully saturated rings. The Morgan fingerprint density at radius 1 is 1.19 bits per heavy atom. The monoisotopic (exact) mass is 439 g/mol. The molecule has 0 unspecified atom stereocenters. The minimum atomic E-state index is -0.224. The van der Waals surface area contributed by atoms with Gasteiger partial charge in [0.1, 0.15) is 5.69 Å². The summed E-state index contributed by atoms with van der Waals surface area (Å²) in [7, 11) is 0. The maximum absolute atomic E-state index is 12.5. The Morgan fingerprint density at radius 3 is 2.94 bits per heavy atom. The smallest absolute Gasteiger partial charge is 0.271 e. The molecule has 3 aromatic rings. The summed E-state index contributed by atoms with van der Waals surface area (Å²) < 4.78 is 0. The number of halogens is 1. The predicted octanol–water partition coefficient (Wildman–Crippen LogP) is 4.10. The Balaban J connectivity index is 1.21. The van der Waals surface area contributed by atoms with Gasteiger partial charge in [-0.15, -0.1) is 0 Å². The van der Waals surface area contributed by atoms with E-state index >= 15 is 0 Å². The molecule has 8 heteroatoms. The number of rotatable bonds is 8. The van der Waals surface area contributed by atoms with Gasteiger partial charge in [-0.3, -0.25) is 14.6 Å². The van der Waals surface area contributed by atoms with Crippen LogP contribution in [-0.2, 0) is 11.2 Å². The maximum Gasteiger partial charge on any atom is 0.271 e. The number of hydrogen-bond donors (Lipinski definition) is 3. The van der Waals surface area contributed by atoms with Crippen molar-refractivity contribution in [2.75, 3.05) is 6.54 Å². The molecule has 1 aliphatic carbocycles. The van der Waals surface area contributed by atoms with Gasteiger partial charge in [0, 0.05) is 47.0 Å². The van der Waals surface area contributed by atoms with Crippen LogP contribution in [0.1, 0.15) is 66.3 Å². The Morgan fingerprint density at radius 2 is 2.10 bits per heavy atom. The lowest BCUT2D eigenvalue weighted by molar-refractivity contribution is -0.122. The fourth-order valence-corrected chi connectivity index (χ4v) is 4.31. The van der Waals surface area contributed by atoms with E-state index in [-0.39, 0.29) is 17.9 Å². The van der Waals surface area contributed by atoms with Gasteiger partial charge < -0.3 is 15.6 Å². The molecule has 4 rings (SSSR count). The number of amides is 2. The third-order valence-corrected chi connectivity index (χ3v) is 5.90. The normalized spacial score (nSPS) is 15.5. The highest BCUT2D eigenvalue weighted by Gasteiger charge is 2.25. The van der Waals surface area contributed by atoms with Crippen LogP contribution < -0.4 is 10.6 Å². The van der Waals surface area contributed by atoms with Crippen molar-refractivity contribution in [1.29, 1.82) is 0 Å².